The van der Waals surface area contributed by atoms with Crippen LogP contribution in [0, 0.1) is 5.82 Å². The number of anilines is 1. The van der Waals surface area contributed by atoms with Crippen molar-refractivity contribution in [2.24, 2.45) is 0 Å². The molecule has 0 bridgehead atoms. The number of carbonyl (C=O) groups excluding carboxylic acids is 3. The number of aromatic nitrogens is 1. The zero-order valence-electron chi connectivity index (χ0n) is 22.2. The molecule has 10 heteroatoms. The number of rotatable bonds is 10. The maximum atomic E-state index is 13.2. The van der Waals surface area contributed by atoms with Gasteiger partial charge in [0.05, 0.1) is 12.1 Å². The van der Waals surface area contributed by atoms with Gasteiger partial charge in [0.2, 0.25) is 11.8 Å². The molecule has 1 aliphatic heterocycles. The molecule has 8 nitrogen and oxygen atoms in total. The van der Waals surface area contributed by atoms with Gasteiger partial charge in [-0.15, -0.1) is 11.3 Å². The van der Waals surface area contributed by atoms with E-state index in [-0.39, 0.29) is 36.9 Å². The lowest BCUT2D eigenvalue weighted by atomic mass is 10.0. The van der Waals surface area contributed by atoms with Crippen LogP contribution in [0.15, 0.2) is 60.0 Å². The van der Waals surface area contributed by atoms with Crippen molar-refractivity contribution in [3.63, 3.8) is 0 Å². The molecule has 1 aromatic heterocycles. The summed E-state index contributed by atoms with van der Waals surface area (Å²) in [6.07, 6.45) is 1.94. The smallest absolute Gasteiger partial charge is 0.254 e. The minimum Gasteiger partial charge on any atom is -0.353 e. The van der Waals surface area contributed by atoms with Crippen LogP contribution in [0.4, 0.5) is 9.52 Å². The molecule has 2 heterocycles. The van der Waals surface area contributed by atoms with E-state index in [0.717, 1.165) is 32.5 Å². The molecule has 39 heavy (non-hydrogen) atoms. The van der Waals surface area contributed by atoms with Gasteiger partial charge in [-0.1, -0.05) is 30.3 Å². The van der Waals surface area contributed by atoms with Gasteiger partial charge in [-0.2, -0.15) is 0 Å². The molecule has 1 fully saturated rings. The van der Waals surface area contributed by atoms with E-state index in [9.17, 15) is 18.8 Å². The van der Waals surface area contributed by atoms with Crippen LogP contribution in [0.25, 0.3) is 0 Å². The van der Waals surface area contributed by atoms with Gasteiger partial charge in [0.25, 0.3) is 5.91 Å². The number of nitrogens with zero attached hydrogens (tertiary/aromatic N) is 3. The molecule has 1 aliphatic rings. The fraction of sp³-hybridized carbons (Fsp3) is 0.379. The van der Waals surface area contributed by atoms with E-state index in [0.29, 0.717) is 16.4 Å². The molecule has 0 saturated carbocycles. The third kappa shape index (κ3) is 8.43. The number of hydrogen-bond acceptors (Lipinski definition) is 6. The standard InChI is InChI=1S/C29H34FN5O3S/c1-20(2)35(28(38)22-8-10-23(30)11-9-22)18-27(37)33-29-32-25(19-39-29)16-26(36)31-24-12-14-34(15-13-24)17-21-6-4-3-5-7-21/h3-11,19-20,24H,12-18H2,1-2H3,(H,31,36)(H,32,33,37). The Morgan fingerprint density at radius 1 is 1.05 bits per heavy atom. The molecule has 0 radical (unpaired) electrons. The number of benzene rings is 2. The summed E-state index contributed by atoms with van der Waals surface area (Å²) in [4.78, 5) is 46.3. The van der Waals surface area contributed by atoms with E-state index in [1.165, 1.54) is 46.1 Å². The van der Waals surface area contributed by atoms with Crippen molar-refractivity contribution in [1.82, 2.24) is 20.1 Å². The van der Waals surface area contributed by atoms with Crippen LogP contribution in [0.5, 0.6) is 0 Å². The lowest BCUT2D eigenvalue weighted by Gasteiger charge is -2.32. The molecular weight excluding hydrogens is 517 g/mol. The monoisotopic (exact) mass is 551 g/mol. The lowest BCUT2D eigenvalue weighted by molar-refractivity contribution is -0.121. The molecular formula is C29H34FN5O3S. The Hall–Kier alpha value is -3.63. The van der Waals surface area contributed by atoms with E-state index in [2.05, 4.69) is 44.8 Å². The number of carbonyl (C=O) groups is 3. The topological polar surface area (TPSA) is 94.6 Å². The highest BCUT2D eigenvalue weighted by Gasteiger charge is 2.23. The molecule has 3 amide bonds. The first-order valence-electron chi connectivity index (χ1n) is 13.1. The van der Waals surface area contributed by atoms with Gasteiger partial charge in [-0.3, -0.25) is 19.3 Å². The molecule has 0 aliphatic carbocycles. The van der Waals surface area contributed by atoms with E-state index in [1.807, 2.05) is 19.9 Å². The maximum Gasteiger partial charge on any atom is 0.254 e. The Morgan fingerprint density at radius 3 is 2.41 bits per heavy atom. The van der Waals surface area contributed by atoms with Crippen LogP contribution in [0.1, 0.15) is 48.3 Å². The van der Waals surface area contributed by atoms with Crippen LogP contribution >= 0.6 is 11.3 Å². The summed E-state index contributed by atoms with van der Waals surface area (Å²) in [6.45, 7) is 6.23. The SMILES string of the molecule is CC(C)N(CC(=O)Nc1nc(CC(=O)NC2CCN(Cc3ccccc3)CC2)cs1)C(=O)c1ccc(F)cc1. The number of halogens is 1. The first kappa shape index (κ1) is 28.4. The Kier molecular flexibility index (Phi) is 9.78. The van der Waals surface area contributed by atoms with Crippen LogP contribution in [0.2, 0.25) is 0 Å². The molecule has 4 rings (SSSR count). The zero-order chi connectivity index (χ0) is 27.8. The van der Waals surface area contributed by atoms with E-state index in [4.69, 9.17) is 0 Å². The number of thiazole rings is 1. The second-order valence-corrected chi connectivity index (χ2v) is 10.9. The van der Waals surface area contributed by atoms with Crippen molar-refractivity contribution in [3.8, 4) is 0 Å². The first-order chi connectivity index (χ1) is 18.8. The van der Waals surface area contributed by atoms with Crippen LogP contribution in [0.3, 0.4) is 0 Å². The number of piperidine rings is 1. The predicted octanol–water partition coefficient (Wildman–Crippen LogP) is 4.09. The summed E-state index contributed by atoms with van der Waals surface area (Å²) < 4.78 is 13.2. The summed E-state index contributed by atoms with van der Waals surface area (Å²) in [5.41, 5.74) is 2.18. The first-order valence-corrected chi connectivity index (χ1v) is 14.0. The summed E-state index contributed by atoms with van der Waals surface area (Å²) in [5, 5.41) is 7.96. The van der Waals surface area contributed by atoms with Crippen molar-refractivity contribution in [1.29, 1.82) is 0 Å². The van der Waals surface area contributed by atoms with E-state index >= 15 is 0 Å². The molecule has 1 saturated heterocycles. The van der Waals surface area contributed by atoms with E-state index < -0.39 is 11.7 Å². The van der Waals surface area contributed by atoms with Crippen molar-refractivity contribution >= 4 is 34.2 Å². The van der Waals surface area contributed by atoms with Crippen molar-refractivity contribution in [3.05, 3.63) is 82.6 Å². The molecule has 3 aromatic rings. The third-order valence-corrected chi connectivity index (χ3v) is 7.44. The molecule has 2 N–H and O–H groups in total. The van der Waals surface area contributed by atoms with Crippen LogP contribution in [-0.4, -0.2) is 64.2 Å². The lowest BCUT2D eigenvalue weighted by Crippen LogP contribution is -2.44. The average molecular weight is 552 g/mol. The number of hydrogen-bond donors (Lipinski definition) is 2. The van der Waals surface area contributed by atoms with Gasteiger partial charge in [0.15, 0.2) is 5.13 Å². The Labute approximate surface area is 232 Å². The van der Waals surface area contributed by atoms with Crippen molar-refractivity contribution in [2.45, 2.75) is 51.7 Å². The summed E-state index contributed by atoms with van der Waals surface area (Å²) >= 11 is 1.23. The maximum absolute atomic E-state index is 13.2. The molecule has 0 unspecified atom stereocenters. The van der Waals surface area contributed by atoms with Gasteiger partial charge in [-0.25, -0.2) is 9.37 Å². The minimum atomic E-state index is -0.433. The summed E-state index contributed by atoms with van der Waals surface area (Å²) in [6, 6.07) is 15.5. The summed E-state index contributed by atoms with van der Waals surface area (Å²) in [5.74, 6) is -1.28. The van der Waals surface area contributed by atoms with Crippen LogP contribution in [-0.2, 0) is 22.6 Å². The van der Waals surface area contributed by atoms with Crippen molar-refractivity contribution in [2.75, 3.05) is 25.0 Å². The molecule has 0 spiro atoms. The van der Waals surface area contributed by atoms with E-state index in [1.54, 1.807) is 5.38 Å². The molecule has 206 valence electrons. The molecule has 0 atom stereocenters. The number of nitrogens with one attached hydrogen (secondary N) is 2. The van der Waals surface area contributed by atoms with Gasteiger partial charge in [0, 0.05) is 42.7 Å². The van der Waals surface area contributed by atoms with Gasteiger partial charge < -0.3 is 15.5 Å². The molecule has 2 aromatic carbocycles. The number of amides is 3. The van der Waals surface area contributed by atoms with Crippen LogP contribution < -0.4 is 10.6 Å². The Balaban J connectivity index is 1.22. The van der Waals surface area contributed by atoms with Gasteiger partial charge in [-0.05, 0) is 56.5 Å². The average Bonchev–Trinajstić information content (AvgIpc) is 3.35. The Bertz CT molecular complexity index is 1260. The van der Waals surface area contributed by atoms with Gasteiger partial charge >= 0.3 is 0 Å². The second kappa shape index (κ2) is 13.4. The second-order valence-electron chi connectivity index (χ2n) is 10.0. The predicted molar refractivity (Wildman–Crippen MR) is 150 cm³/mol. The minimum absolute atomic E-state index is 0.0874. The highest BCUT2D eigenvalue weighted by Crippen LogP contribution is 2.18. The quantitative estimate of drug-likeness (QED) is 0.396. The van der Waals surface area contributed by atoms with Crippen molar-refractivity contribution < 1.29 is 18.8 Å². The Morgan fingerprint density at radius 2 is 1.74 bits per heavy atom. The highest BCUT2D eigenvalue weighted by atomic mass is 32.1. The van der Waals surface area contributed by atoms with Gasteiger partial charge in [0.1, 0.15) is 12.4 Å². The zero-order valence-corrected chi connectivity index (χ0v) is 23.0. The fourth-order valence-corrected chi connectivity index (χ4v) is 5.25. The third-order valence-electron chi connectivity index (χ3n) is 6.63. The fourth-order valence-electron chi connectivity index (χ4n) is 4.53. The summed E-state index contributed by atoms with van der Waals surface area (Å²) in [7, 11) is 0. The number of likely N-dealkylation sites (tertiary alicyclic amines) is 1. The normalized spacial score (nSPS) is 14.3. The largest absolute Gasteiger partial charge is 0.353 e. The highest BCUT2D eigenvalue weighted by molar-refractivity contribution is 7.13.